The zero-order valence-electron chi connectivity index (χ0n) is 16.6. The first-order valence-corrected chi connectivity index (χ1v) is 9.69. The number of carbonyl (C=O) groups excluding carboxylic acids is 1. The summed E-state index contributed by atoms with van der Waals surface area (Å²) in [4.78, 5) is 22.2. The molecule has 0 spiro atoms. The molecule has 1 amide bonds. The standard InChI is InChI=1S/C24H19N5O/c1-15-20(24(30)27-18-9-5-3-6-10-18)13-17-14-25-23-21(22(17)26-15)16(2)28-29(23)19-11-7-4-8-12-19/h3-14H,1-2H3,(H,27,30). The molecule has 2 aromatic carbocycles. The minimum absolute atomic E-state index is 0.190. The smallest absolute Gasteiger partial charge is 0.257 e. The topological polar surface area (TPSA) is 72.7 Å². The normalized spacial score (nSPS) is 11.1. The highest BCUT2D eigenvalue weighted by Gasteiger charge is 2.18. The van der Waals surface area contributed by atoms with Crippen molar-refractivity contribution in [3.05, 3.63) is 89.9 Å². The second-order valence-electron chi connectivity index (χ2n) is 7.17. The number of nitrogens with zero attached hydrogens (tertiary/aromatic N) is 4. The number of para-hydroxylation sites is 2. The van der Waals surface area contributed by atoms with Crippen LogP contribution < -0.4 is 5.32 Å². The van der Waals surface area contributed by atoms with Crippen molar-refractivity contribution in [2.24, 2.45) is 0 Å². The van der Waals surface area contributed by atoms with Gasteiger partial charge in [-0.3, -0.25) is 9.78 Å². The number of hydrogen-bond donors (Lipinski definition) is 1. The molecular formula is C24H19N5O. The predicted octanol–water partition coefficient (Wildman–Crippen LogP) is 4.84. The molecule has 0 saturated carbocycles. The van der Waals surface area contributed by atoms with Gasteiger partial charge in [-0.05, 0) is 44.2 Å². The molecule has 0 aliphatic heterocycles. The maximum atomic E-state index is 12.8. The number of carbonyl (C=O) groups is 1. The molecular weight excluding hydrogens is 374 g/mol. The van der Waals surface area contributed by atoms with Crippen molar-refractivity contribution in [3.8, 4) is 5.69 Å². The van der Waals surface area contributed by atoms with Gasteiger partial charge in [0.05, 0.1) is 33.5 Å². The van der Waals surface area contributed by atoms with E-state index in [9.17, 15) is 4.79 Å². The summed E-state index contributed by atoms with van der Waals surface area (Å²) in [6, 6.07) is 21.1. The number of hydrogen-bond acceptors (Lipinski definition) is 4. The van der Waals surface area contributed by atoms with Crippen LogP contribution in [0.3, 0.4) is 0 Å². The minimum atomic E-state index is -0.190. The van der Waals surface area contributed by atoms with Gasteiger partial charge in [0.2, 0.25) is 0 Å². The van der Waals surface area contributed by atoms with Crippen molar-refractivity contribution < 1.29 is 4.79 Å². The van der Waals surface area contributed by atoms with Crippen LogP contribution in [-0.4, -0.2) is 25.7 Å². The minimum Gasteiger partial charge on any atom is -0.322 e. The van der Waals surface area contributed by atoms with E-state index in [2.05, 4.69) is 15.4 Å². The Labute approximate surface area is 173 Å². The summed E-state index contributed by atoms with van der Waals surface area (Å²) in [5.41, 5.74) is 5.28. The highest BCUT2D eigenvalue weighted by molar-refractivity contribution is 6.10. The molecule has 0 unspecified atom stereocenters. The average Bonchev–Trinajstić information content (AvgIpc) is 3.11. The summed E-state index contributed by atoms with van der Waals surface area (Å²) in [7, 11) is 0. The summed E-state index contributed by atoms with van der Waals surface area (Å²) in [5, 5.41) is 9.32. The molecule has 3 aromatic heterocycles. The largest absolute Gasteiger partial charge is 0.322 e. The fraction of sp³-hybridized carbons (Fsp3) is 0.0833. The first-order chi connectivity index (χ1) is 14.6. The lowest BCUT2D eigenvalue weighted by Crippen LogP contribution is -2.14. The maximum Gasteiger partial charge on any atom is 0.257 e. The molecule has 30 heavy (non-hydrogen) atoms. The zero-order valence-corrected chi connectivity index (χ0v) is 16.6. The van der Waals surface area contributed by atoms with Crippen molar-refractivity contribution in [2.45, 2.75) is 13.8 Å². The van der Waals surface area contributed by atoms with Gasteiger partial charge in [0.1, 0.15) is 0 Å². The van der Waals surface area contributed by atoms with E-state index >= 15 is 0 Å². The third kappa shape index (κ3) is 2.99. The van der Waals surface area contributed by atoms with Gasteiger partial charge >= 0.3 is 0 Å². The summed E-state index contributed by atoms with van der Waals surface area (Å²) >= 11 is 0. The van der Waals surface area contributed by atoms with E-state index in [1.165, 1.54) is 0 Å². The molecule has 3 heterocycles. The third-order valence-electron chi connectivity index (χ3n) is 5.12. The van der Waals surface area contributed by atoms with Gasteiger partial charge in [-0.2, -0.15) is 5.10 Å². The highest BCUT2D eigenvalue weighted by Crippen LogP contribution is 2.28. The Balaban J connectivity index is 1.63. The van der Waals surface area contributed by atoms with Gasteiger partial charge in [-0.25, -0.2) is 9.67 Å². The van der Waals surface area contributed by atoms with Crippen molar-refractivity contribution in [1.29, 1.82) is 0 Å². The van der Waals surface area contributed by atoms with Gasteiger partial charge < -0.3 is 5.32 Å². The van der Waals surface area contributed by atoms with Gasteiger partial charge in [-0.1, -0.05) is 36.4 Å². The summed E-state index contributed by atoms with van der Waals surface area (Å²) < 4.78 is 1.83. The molecule has 146 valence electrons. The molecule has 0 saturated heterocycles. The number of nitrogens with one attached hydrogen (secondary N) is 1. The maximum absolute atomic E-state index is 12.8. The molecule has 6 nitrogen and oxygen atoms in total. The second kappa shape index (κ2) is 7.08. The molecule has 0 aliphatic rings. The van der Waals surface area contributed by atoms with E-state index in [0.717, 1.165) is 39.0 Å². The van der Waals surface area contributed by atoms with Crippen LogP contribution in [0.4, 0.5) is 5.69 Å². The number of benzene rings is 2. The Morgan fingerprint density at radius 2 is 1.63 bits per heavy atom. The van der Waals surface area contributed by atoms with Gasteiger partial charge in [0.25, 0.3) is 5.91 Å². The number of aryl methyl sites for hydroxylation is 2. The number of fused-ring (bicyclic) bond motifs is 3. The molecule has 5 aromatic rings. The number of pyridine rings is 2. The SMILES string of the molecule is Cc1nc2c(cnc3c2c(C)nn3-c2ccccc2)cc1C(=O)Nc1ccccc1. The van der Waals surface area contributed by atoms with E-state index < -0.39 is 0 Å². The van der Waals surface area contributed by atoms with Crippen LogP contribution in [0.25, 0.3) is 27.6 Å². The van der Waals surface area contributed by atoms with E-state index in [1.54, 1.807) is 6.20 Å². The lowest BCUT2D eigenvalue weighted by Gasteiger charge is -2.09. The van der Waals surface area contributed by atoms with E-state index in [0.29, 0.717) is 11.3 Å². The highest BCUT2D eigenvalue weighted by atomic mass is 16.1. The molecule has 1 N–H and O–H groups in total. The lowest BCUT2D eigenvalue weighted by atomic mass is 10.1. The summed E-state index contributed by atoms with van der Waals surface area (Å²) in [5.74, 6) is -0.190. The first kappa shape index (κ1) is 18.0. The van der Waals surface area contributed by atoms with Crippen LogP contribution >= 0.6 is 0 Å². The Bertz CT molecular complexity index is 1390. The molecule has 6 heteroatoms. The quantitative estimate of drug-likeness (QED) is 0.476. The van der Waals surface area contributed by atoms with Crippen molar-refractivity contribution >= 4 is 33.5 Å². The molecule has 0 radical (unpaired) electrons. The van der Waals surface area contributed by atoms with Crippen molar-refractivity contribution in [2.75, 3.05) is 5.32 Å². The molecule has 0 fully saturated rings. The number of aromatic nitrogens is 4. The van der Waals surface area contributed by atoms with Gasteiger partial charge in [0.15, 0.2) is 5.65 Å². The second-order valence-corrected chi connectivity index (χ2v) is 7.17. The Hall–Kier alpha value is -4.06. The zero-order chi connectivity index (χ0) is 20.7. The summed E-state index contributed by atoms with van der Waals surface area (Å²) in [6.07, 6.45) is 1.75. The fourth-order valence-corrected chi connectivity index (χ4v) is 3.66. The van der Waals surface area contributed by atoms with E-state index in [4.69, 9.17) is 4.98 Å². The third-order valence-corrected chi connectivity index (χ3v) is 5.12. The Morgan fingerprint density at radius 1 is 0.933 bits per heavy atom. The van der Waals surface area contributed by atoms with Crippen LogP contribution in [0.2, 0.25) is 0 Å². The van der Waals surface area contributed by atoms with Crippen LogP contribution in [0.1, 0.15) is 21.7 Å². The van der Waals surface area contributed by atoms with Crippen LogP contribution in [-0.2, 0) is 0 Å². The number of anilines is 1. The van der Waals surface area contributed by atoms with Crippen LogP contribution in [0.5, 0.6) is 0 Å². The number of amides is 1. The average molecular weight is 393 g/mol. The van der Waals surface area contributed by atoms with E-state index in [-0.39, 0.29) is 5.91 Å². The van der Waals surface area contributed by atoms with Crippen LogP contribution in [0.15, 0.2) is 72.9 Å². The number of rotatable bonds is 3. The molecule has 0 bridgehead atoms. The van der Waals surface area contributed by atoms with Crippen LogP contribution in [0, 0.1) is 13.8 Å². The predicted molar refractivity (Wildman–Crippen MR) is 118 cm³/mol. The molecule has 5 rings (SSSR count). The Kier molecular flexibility index (Phi) is 4.25. The van der Waals surface area contributed by atoms with Gasteiger partial charge in [0, 0.05) is 17.3 Å². The Morgan fingerprint density at radius 3 is 2.37 bits per heavy atom. The summed E-state index contributed by atoms with van der Waals surface area (Å²) in [6.45, 7) is 3.80. The van der Waals surface area contributed by atoms with Crippen molar-refractivity contribution in [1.82, 2.24) is 19.7 Å². The lowest BCUT2D eigenvalue weighted by molar-refractivity contribution is 0.102. The van der Waals surface area contributed by atoms with Crippen molar-refractivity contribution in [3.63, 3.8) is 0 Å². The first-order valence-electron chi connectivity index (χ1n) is 9.69. The van der Waals surface area contributed by atoms with Gasteiger partial charge in [-0.15, -0.1) is 0 Å². The monoisotopic (exact) mass is 393 g/mol. The van der Waals surface area contributed by atoms with E-state index in [1.807, 2.05) is 85.3 Å². The fourth-order valence-electron chi connectivity index (χ4n) is 3.66. The molecule has 0 atom stereocenters. The molecule has 0 aliphatic carbocycles.